The van der Waals surface area contributed by atoms with Crippen LogP contribution in [0.1, 0.15) is 41.6 Å². The summed E-state index contributed by atoms with van der Waals surface area (Å²) in [5, 5.41) is 6.34. The van der Waals surface area contributed by atoms with Crippen LogP contribution in [0.25, 0.3) is 0 Å². The molecule has 2 heterocycles. The minimum absolute atomic E-state index is 0.226. The molecule has 1 aliphatic carbocycles. The van der Waals surface area contributed by atoms with E-state index in [1.54, 1.807) is 31.3 Å². The van der Waals surface area contributed by atoms with Crippen LogP contribution >= 0.6 is 0 Å². The summed E-state index contributed by atoms with van der Waals surface area (Å²) >= 11 is 0. The van der Waals surface area contributed by atoms with Crippen LogP contribution in [-0.2, 0) is 14.9 Å². The van der Waals surface area contributed by atoms with Crippen LogP contribution in [0.5, 0.6) is 0 Å². The van der Waals surface area contributed by atoms with Gasteiger partial charge in [0.25, 0.3) is 5.91 Å². The summed E-state index contributed by atoms with van der Waals surface area (Å²) in [5.74, 6) is 0.993. The third kappa shape index (κ3) is 6.06. The molecular weight excluding hydrogens is 468 g/mol. The largest absolute Gasteiger partial charge is 0.353 e. The van der Waals surface area contributed by atoms with Crippen molar-refractivity contribution >= 4 is 44.6 Å². The number of benzene rings is 1. The summed E-state index contributed by atoms with van der Waals surface area (Å²) in [4.78, 5) is 26.4. The average molecular weight is 497 g/mol. The second-order valence-electron chi connectivity index (χ2n) is 8.23. The molecule has 1 amide bonds. The number of amides is 1. The predicted molar refractivity (Wildman–Crippen MR) is 136 cm³/mol. The van der Waals surface area contributed by atoms with Gasteiger partial charge >= 0.3 is 0 Å². The van der Waals surface area contributed by atoms with Crippen LogP contribution < -0.4 is 20.4 Å². The topological polar surface area (TPSA) is 126 Å². The van der Waals surface area contributed by atoms with E-state index in [0.29, 0.717) is 41.2 Å². The van der Waals surface area contributed by atoms with E-state index in [1.807, 2.05) is 24.3 Å². The van der Waals surface area contributed by atoms with E-state index >= 15 is 0 Å². The Morgan fingerprint density at radius 3 is 2.54 bits per heavy atom. The first-order chi connectivity index (χ1) is 16.8. The highest BCUT2D eigenvalue weighted by atomic mass is 32.2. The first-order valence-electron chi connectivity index (χ1n) is 11.2. The molecule has 10 nitrogen and oxygen atoms in total. The number of pyridine rings is 2. The molecule has 3 aromatic rings. The zero-order chi connectivity index (χ0) is 25.0. The van der Waals surface area contributed by atoms with Gasteiger partial charge in [0.2, 0.25) is 10.0 Å². The second-order valence-corrected chi connectivity index (χ2v) is 10.2. The second kappa shape index (κ2) is 10.3. The number of carbonyl (C=O) groups excluding carboxylic acids is 1. The van der Waals surface area contributed by atoms with Crippen LogP contribution in [-0.4, -0.2) is 44.2 Å². The Morgan fingerprint density at radius 1 is 1.09 bits per heavy atom. The summed E-state index contributed by atoms with van der Waals surface area (Å²) in [5.41, 5.74) is 5.13. The minimum atomic E-state index is -3.52. The quantitative estimate of drug-likeness (QED) is 0.361. The predicted octanol–water partition coefficient (Wildman–Crippen LogP) is 3.92. The molecule has 1 aliphatic rings. The van der Waals surface area contributed by atoms with Gasteiger partial charge < -0.3 is 10.6 Å². The van der Waals surface area contributed by atoms with E-state index in [1.165, 1.54) is 17.5 Å². The summed E-state index contributed by atoms with van der Waals surface area (Å²) < 4.78 is 26.0. The molecule has 0 unspecified atom stereocenters. The van der Waals surface area contributed by atoms with Crippen molar-refractivity contribution in [1.82, 2.24) is 15.4 Å². The third-order valence-electron chi connectivity index (χ3n) is 5.56. The van der Waals surface area contributed by atoms with Crippen LogP contribution in [0.2, 0.25) is 0 Å². The van der Waals surface area contributed by atoms with Crippen molar-refractivity contribution < 1.29 is 18.0 Å². The first kappa shape index (κ1) is 24.4. The van der Waals surface area contributed by atoms with Crippen LogP contribution in [0.4, 0.5) is 28.7 Å². The minimum Gasteiger partial charge on any atom is -0.353 e. The summed E-state index contributed by atoms with van der Waals surface area (Å²) in [6, 6.07) is 12.8. The normalized spacial score (nSPS) is 13.2. The van der Waals surface area contributed by atoms with E-state index in [4.69, 9.17) is 4.84 Å². The van der Waals surface area contributed by atoms with Gasteiger partial charge in [-0.15, -0.1) is 0 Å². The zero-order valence-electron chi connectivity index (χ0n) is 19.8. The molecule has 2 aromatic heterocycles. The fourth-order valence-corrected chi connectivity index (χ4v) is 3.99. The van der Waals surface area contributed by atoms with Gasteiger partial charge in [-0.1, -0.05) is 12.1 Å². The molecule has 0 saturated heterocycles. The Hall–Kier alpha value is -3.70. The average Bonchev–Trinajstić information content (AvgIpc) is 3.68. The molecule has 1 saturated carbocycles. The van der Waals surface area contributed by atoms with Gasteiger partial charge in [-0.25, -0.2) is 23.9 Å². The maximum absolute atomic E-state index is 12.8. The lowest BCUT2D eigenvalue weighted by Gasteiger charge is -2.23. The van der Waals surface area contributed by atoms with E-state index in [2.05, 4.69) is 26.1 Å². The fraction of sp³-hybridized carbons (Fsp3) is 0.292. The summed E-state index contributed by atoms with van der Waals surface area (Å²) in [6.45, 7) is 2.06. The molecule has 4 rings (SSSR count). The molecule has 1 aromatic carbocycles. The molecule has 3 N–H and O–H groups in total. The molecule has 11 heteroatoms. The molecule has 0 atom stereocenters. The van der Waals surface area contributed by atoms with Crippen molar-refractivity contribution in [3.8, 4) is 0 Å². The van der Waals surface area contributed by atoms with E-state index in [0.717, 1.165) is 24.7 Å². The highest BCUT2D eigenvalue weighted by Gasteiger charge is 2.26. The lowest BCUT2D eigenvalue weighted by atomic mass is 10.1. The molecule has 35 heavy (non-hydrogen) atoms. The van der Waals surface area contributed by atoms with Crippen LogP contribution in [0, 0.1) is 0 Å². The standard InChI is InChI=1S/C24H28N6O4S/c1-4-34-29-24(31)18-15-26-23(28-22-7-5-6-12-25-22)14-20(18)27-19-11-10-17(16-8-9-16)13-21(19)30(2)35(3,32)33/h5-7,10-16H,4,8-9H2,1-3H3,(H,29,31)(H2,25,26,27,28). The molecular formula is C24H28N6O4S. The van der Waals surface area contributed by atoms with Gasteiger partial charge in [0, 0.05) is 25.5 Å². The number of nitrogens with zero attached hydrogens (tertiary/aromatic N) is 3. The van der Waals surface area contributed by atoms with E-state index in [-0.39, 0.29) is 5.56 Å². The SMILES string of the molecule is CCONC(=O)c1cnc(Nc2ccccn2)cc1Nc1ccc(C2CC2)cc1N(C)S(C)(=O)=O. The molecule has 184 valence electrons. The highest BCUT2D eigenvalue weighted by molar-refractivity contribution is 7.92. The Kier molecular flexibility index (Phi) is 7.17. The number of hydrogen-bond donors (Lipinski definition) is 3. The van der Waals surface area contributed by atoms with Crippen LogP contribution in [0.15, 0.2) is 54.9 Å². The first-order valence-corrected chi connectivity index (χ1v) is 13.1. The van der Waals surface area contributed by atoms with Crippen molar-refractivity contribution in [2.45, 2.75) is 25.7 Å². The van der Waals surface area contributed by atoms with Gasteiger partial charge in [0.05, 0.1) is 35.5 Å². The number of nitrogens with one attached hydrogen (secondary N) is 3. The number of carbonyl (C=O) groups is 1. The molecule has 0 bridgehead atoms. The summed E-state index contributed by atoms with van der Waals surface area (Å²) in [7, 11) is -2.01. The molecule has 0 radical (unpaired) electrons. The number of hydrogen-bond acceptors (Lipinski definition) is 8. The smallest absolute Gasteiger partial charge is 0.278 e. The zero-order valence-corrected chi connectivity index (χ0v) is 20.6. The number of rotatable bonds is 10. The van der Waals surface area contributed by atoms with Gasteiger partial charge in [-0.2, -0.15) is 0 Å². The Bertz CT molecular complexity index is 1310. The maximum Gasteiger partial charge on any atom is 0.278 e. The van der Waals surface area contributed by atoms with Gasteiger partial charge in [0.1, 0.15) is 11.6 Å². The van der Waals surface area contributed by atoms with Gasteiger partial charge in [-0.3, -0.25) is 13.9 Å². The number of aromatic nitrogens is 2. The van der Waals surface area contributed by atoms with Crippen molar-refractivity contribution in [3.05, 3.63) is 66.0 Å². The van der Waals surface area contributed by atoms with Crippen molar-refractivity contribution in [2.75, 3.05) is 34.8 Å². The molecule has 0 spiro atoms. The maximum atomic E-state index is 12.8. The van der Waals surface area contributed by atoms with Crippen molar-refractivity contribution in [3.63, 3.8) is 0 Å². The Morgan fingerprint density at radius 2 is 1.89 bits per heavy atom. The highest BCUT2D eigenvalue weighted by Crippen LogP contribution is 2.43. The Balaban J connectivity index is 1.74. The monoisotopic (exact) mass is 496 g/mol. The summed E-state index contributed by atoms with van der Waals surface area (Å²) in [6.07, 6.45) is 6.40. The van der Waals surface area contributed by atoms with E-state index in [9.17, 15) is 13.2 Å². The fourth-order valence-electron chi connectivity index (χ4n) is 3.48. The van der Waals surface area contributed by atoms with Gasteiger partial charge in [-0.05, 0) is 55.5 Å². The van der Waals surface area contributed by atoms with Gasteiger partial charge in [0.15, 0.2) is 0 Å². The molecule has 1 fully saturated rings. The number of anilines is 5. The molecule has 0 aliphatic heterocycles. The number of sulfonamides is 1. The third-order valence-corrected chi connectivity index (χ3v) is 6.75. The van der Waals surface area contributed by atoms with E-state index < -0.39 is 15.9 Å². The Labute approximate surface area is 204 Å². The number of hydroxylamine groups is 1. The van der Waals surface area contributed by atoms with Crippen molar-refractivity contribution in [2.24, 2.45) is 0 Å². The van der Waals surface area contributed by atoms with Crippen molar-refractivity contribution in [1.29, 1.82) is 0 Å². The van der Waals surface area contributed by atoms with Crippen LogP contribution in [0.3, 0.4) is 0 Å². The lowest BCUT2D eigenvalue weighted by Crippen LogP contribution is -2.26. The lowest BCUT2D eigenvalue weighted by molar-refractivity contribution is 0.0365.